The van der Waals surface area contributed by atoms with E-state index >= 15 is 0 Å². The van der Waals surface area contributed by atoms with Crippen LogP contribution in [0.3, 0.4) is 0 Å². The zero-order valence-electron chi connectivity index (χ0n) is 9.79. The Labute approximate surface area is 111 Å². The van der Waals surface area contributed by atoms with Gasteiger partial charge >= 0.3 is 5.88 Å². The molecule has 10 heteroatoms. The van der Waals surface area contributed by atoms with Crippen molar-refractivity contribution in [1.29, 1.82) is 0 Å². The molecular weight excluding hydrogens is 270 g/mol. The molecule has 2 aromatic heterocycles. The summed E-state index contributed by atoms with van der Waals surface area (Å²) >= 11 is 0. The van der Waals surface area contributed by atoms with E-state index in [2.05, 4.69) is 15.5 Å². The van der Waals surface area contributed by atoms with E-state index < -0.39 is 9.85 Å². The summed E-state index contributed by atoms with van der Waals surface area (Å²) in [5.74, 6) is 0.0823. The van der Waals surface area contributed by atoms with Crippen LogP contribution in [0.1, 0.15) is 5.76 Å². The van der Waals surface area contributed by atoms with Crippen LogP contribution in [0.25, 0.3) is 0 Å². The second-order valence-electron chi connectivity index (χ2n) is 3.46. The Morgan fingerprint density at radius 2 is 2.00 bits per heavy atom. The van der Waals surface area contributed by atoms with Crippen molar-refractivity contribution in [1.82, 2.24) is 4.98 Å². The summed E-state index contributed by atoms with van der Waals surface area (Å²) in [6.45, 7) is 0. The molecule has 0 bridgehead atoms. The highest BCUT2D eigenvalue weighted by molar-refractivity contribution is 5.76. The van der Waals surface area contributed by atoms with Crippen LogP contribution in [0.5, 0.6) is 0 Å². The molecule has 10 nitrogen and oxygen atoms in total. The van der Waals surface area contributed by atoms with Crippen LogP contribution in [-0.2, 0) is 0 Å². The van der Waals surface area contributed by atoms with Gasteiger partial charge in [-0.1, -0.05) is 0 Å². The van der Waals surface area contributed by atoms with E-state index in [9.17, 15) is 20.2 Å². The summed E-state index contributed by atoms with van der Waals surface area (Å²) in [5.41, 5.74) is 2.37. The minimum absolute atomic E-state index is 0.138. The largest absolute Gasteiger partial charge is 0.433 e. The minimum atomic E-state index is -0.664. The minimum Gasteiger partial charge on any atom is -0.400 e. The molecule has 0 unspecified atom stereocenters. The number of nitrogens with zero attached hydrogens (tertiary/aromatic N) is 4. The Balaban J connectivity index is 1.98. The van der Waals surface area contributed by atoms with Crippen molar-refractivity contribution < 1.29 is 14.3 Å². The van der Waals surface area contributed by atoms with Crippen molar-refractivity contribution in [3.05, 3.63) is 56.5 Å². The third-order valence-corrected chi connectivity index (χ3v) is 2.12. The van der Waals surface area contributed by atoms with Gasteiger partial charge in [-0.2, -0.15) is 5.10 Å². The molecule has 0 aliphatic heterocycles. The zero-order valence-corrected chi connectivity index (χ0v) is 9.79. The molecule has 2 heterocycles. The Morgan fingerprint density at radius 3 is 2.55 bits per heavy atom. The molecule has 0 aliphatic carbocycles. The van der Waals surface area contributed by atoms with Gasteiger partial charge in [-0.25, -0.2) is 4.98 Å². The first kappa shape index (κ1) is 13.1. The van der Waals surface area contributed by atoms with Gasteiger partial charge in [0.1, 0.15) is 16.9 Å². The SMILES string of the molecule is O=[N+]([O-])c1ccc(N/N=C/c2ccc([N+](=O)[O-])o2)nc1. The lowest BCUT2D eigenvalue weighted by atomic mass is 10.4. The maximum atomic E-state index is 10.4. The van der Waals surface area contributed by atoms with Crippen LogP contribution < -0.4 is 5.43 Å². The van der Waals surface area contributed by atoms with Gasteiger partial charge in [0, 0.05) is 6.07 Å². The molecule has 0 aliphatic rings. The van der Waals surface area contributed by atoms with E-state index in [0.717, 1.165) is 6.20 Å². The molecule has 0 aromatic carbocycles. The predicted octanol–water partition coefficient (Wildman–Crippen LogP) is 1.94. The van der Waals surface area contributed by atoms with E-state index in [1.54, 1.807) is 0 Å². The number of furan rings is 1. The average Bonchev–Trinajstić information content (AvgIpc) is 2.88. The normalized spacial score (nSPS) is 10.6. The quantitative estimate of drug-likeness (QED) is 0.500. The topological polar surface area (TPSA) is 137 Å². The summed E-state index contributed by atoms with van der Waals surface area (Å²) in [7, 11) is 0. The molecular formula is C10H7N5O5. The molecule has 0 fully saturated rings. The Bertz CT molecular complexity index is 663. The van der Waals surface area contributed by atoms with Gasteiger partial charge in [0.2, 0.25) is 0 Å². The fourth-order valence-corrected chi connectivity index (χ4v) is 1.23. The van der Waals surface area contributed by atoms with E-state index in [1.165, 1.54) is 30.5 Å². The lowest BCUT2D eigenvalue weighted by Crippen LogP contribution is -1.94. The van der Waals surface area contributed by atoms with Crippen molar-refractivity contribution in [3.8, 4) is 0 Å². The predicted molar refractivity (Wildman–Crippen MR) is 67.5 cm³/mol. The van der Waals surface area contributed by atoms with Gasteiger partial charge < -0.3 is 4.42 Å². The lowest BCUT2D eigenvalue weighted by Gasteiger charge is -1.97. The highest BCUT2D eigenvalue weighted by Gasteiger charge is 2.10. The van der Waals surface area contributed by atoms with E-state index in [1.807, 2.05) is 0 Å². The number of hydrazone groups is 1. The Hall–Kier alpha value is -3.30. The summed E-state index contributed by atoms with van der Waals surface area (Å²) in [5, 5.41) is 24.5. The van der Waals surface area contributed by atoms with Crippen molar-refractivity contribution in [3.63, 3.8) is 0 Å². The van der Waals surface area contributed by atoms with Gasteiger partial charge in [-0.15, -0.1) is 0 Å². The van der Waals surface area contributed by atoms with Crippen molar-refractivity contribution in [2.75, 3.05) is 5.43 Å². The number of nitro groups is 2. The number of rotatable bonds is 5. The first-order chi connectivity index (χ1) is 9.56. The molecule has 0 radical (unpaired) electrons. The summed E-state index contributed by atoms with van der Waals surface area (Å²) in [6, 6.07) is 5.22. The number of anilines is 1. The first-order valence-electron chi connectivity index (χ1n) is 5.20. The summed E-state index contributed by atoms with van der Waals surface area (Å²) < 4.78 is 4.84. The van der Waals surface area contributed by atoms with Crippen LogP contribution in [0.4, 0.5) is 17.4 Å². The second-order valence-corrected chi connectivity index (χ2v) is 3.46. The van der Waals surface area contributed by atoms with Crippen molar-refractivity contribution >= 4 is 23.6 Å². The molecule has 102 valence electrons. The molecule has 0 saturated carbocycles. The number of hydrogen-bond acceptors (Lipinski definition) is 8. The van der Waals surface area contributed by atoms with Crippen molar-refractivity contribution in [2.45, 2.75) is 0 Å². The smallest absolute Gasteiger partial charge is 0.400 e. The summed E-state index contributed by atoms with van der Waals surface area (Å²) in [6.07, 6.45) is 2.30. The average molecular weight is 277 g/mol. The maximum absolute atomic E-state index is 10.4. The number of nitrogens with one attached hydrogen (secondary N) is 1. The Morgan fingerprint density at radius 1 is 1.20 bits per heavy atom. The molecule has 0 saturated heterocycles. The Kier molecular flexibility index (Phi) is 3.65. The first-order valence-corrected chi connectivity index (χ1v) is 5.20. The fraction of sp³-hybridized carbons (Fsp3) is 0. The monoisotopic (exact) mass is 277 g/mol. The van der Waals surface area contributed by atoms with Crippen LogP contribution in [0, 0.1) is 20.2 Å². The molecule has 2 aromatic rings. The number of pyridine rings is 1. The highest BCUT2D eigenvalue weighted by Crippen LogP contribution is 2.14. The van der Waals surface area contributed by atoms with Crippen LogP contribution in [-0.4, -0.2) is 21.0 Å². The second kappa shape index (κ2) is 5.56. The lowest BCUT2D eigenvalue weighted by molar-refractivity contribution is -0.402. The van der Waals surface area contributed by atoms with Gasteiger partial charge in [-0.05, 0) is 12.1 Å². The number of hydrogen-bond donors (Lipinski definition) is 1. The number of aromatic nitrogens is 1. The standard InChI is InChI=1S/C10H7N5O5/c16-14(17)7-1-3-9(11-5-7)13-12-6-8-2-4-10(20-8)15(18)19/h1-6H,(H,11,13)/b12-6+. The van der Waals surface area contributed by atoms with E-state index in [-0.39, 0.29) is 23.1 Å². The molecule has 20 heavy (non-hydrogen) atoms. The molecule has 1 N–H and O–H groups in total. The molecule has 0 spiro atoms. The molecule has 0 atom stereocenters. The van der Waals surface area contributed by atoms with Gasteiger partial charge in [0.15, 0.2) is 5.76 Å². The highest BCUT2D eigenvalue weighted by atomic mass is 16.6. The van der Waals surface area contributed by atoms with E-state index in [0.29, 0.717) is 0 Å². The maximum Gasteiger partial charge on any atom is 0.433 e. The van der Waals surface area contributed by atoms with Crippen LogP contribution >= 0.6 is 0 Å². The van der Waals surface area contributed by atoms with E-state index in [4.69, 9.17) is 4.42 Å². The summed E-state index contributed by atoms with van der Waals surface area (Å²) in [4.78, 5) is 23.3. The third-order valence-electron chi connectivity index (χ3n) is 2.12. The van der Waals surface area contributed by atoms with Crippen LogP contribution in [0.15, 0.2) is 40.0 Å². The van der Waals surface area contributed by atoms with Crippen LogP contribution in [0.2, 0.25) is 0 Å². The van der Waals surface area contributed by atoms with Gasteiger partial charge in [0.25, 0.3) is 5.69 Å². The fourth-order valence-electron chi connectivity index (χ4n) is 1.23. The zero-order chi connectivity index (χ0) is 14.5. The molecule has 2 rings (SSSR count). The third kappa shape index (κ3) is 3.13. The van der Waals surface area contributed by atoms with Gasteiger partial charge in [-0.3, -0.25) is 25.7 Å². The van der Waals surface area contributed by atoms with Gasteiger partial charge in [0.05, 0.1) is 17.2 Å². The van der Waals surface area contributed by atoms with Crippen molar-refractivity contribution in [2.24, 2.45) is 5.10 Å². The molecule has 0 amide bonds.